The molecule has 2 nitrogen and oxygen atoms in total. The molecule has 0 aliphatic carbocycles. The highest BCUT2D eigenvalue weighted by Gasteiger charge is 2.16. The molecule has 0 saturated carbocycles. The molecule has 1 N–H and O–H groups in total. The molecule has 106 valence electrons. The molecule has 1 heterocycles. The van der Waals surface area contributed by atoms with Gasteiger partial charge in [0.25, 0.3) is 0 Å². The second-order valence-electron chi connectivity index (χ2n) is 6.42. The van der Waals surface area contributed by atoms with Crippen LogP contribution in [0.1, 0.15) is 45.6 Å². The first kappa shape index (κ1) is 14.9. The van der Waals surface area contributed by atoms with Crippen LogP contribution in [0.2, 0.25) is 0 Å². The van der Waals surface area contributed by atoms with Crippen LogP contribution in [0.15, 0.2) is 22.7 Å². The van der Waals surface area contributed by atoms with E-state index in [9.17, 15) is 0 Å². The quantitative estimate of drug-likeness (QED) is 0.890. The SMILES string of the molecule is CC(C)(C)NCc1cc(Br)ccc1N1CCCCC1. The van der Waals surface area contributed by atoms with E-state index in [0.29, 0.717) is 0 Å². The monoisotopic (exact) mass is 324 g/mol. The fourth-order valence-corrected chi connectivity index (χ4v) is 2.91. The maximum atomic E-state index is 3.60. The van der Waals surface area contributed by atoms with Crippen LogP contribution in [0.5, 0.6) is 0 Å². The third-order valence-electron chi connectivity index (χ3n) is 3.55. The lowest BCUT2D eigenvalue weighted by atomic mass is 10.1. The molecule has 0 atom stereocenters. The van der Waals surface area contributed by atoms with E-state index in [4.69, 9.17) is 0 Å². The molecule has 1 aromatic rings. The number of nitrogens with zero attached hydrogens (tertiary/aromatic N) is 1. The number of hydrogen-bond donors (Lipinski definition) is 1. The summed E-state index contributed by atoms with van der Waals surface area (Å²) >= 11 is 3.59. The minimum atomic E-state index is 0.154. The highest BCUT2D eigenvalue weighted by Crippen LogP contribution is 2.27. The third kappa shape index (κ3) is 4.50. The number of anilines is 1. The van der Waals surface area contributed by atoms with Gasteiger partial charge < -0.3 is 10.2 Å². The summed E-state index contributed by atoms with van der Waals surface area (Å²) in [5.41, 5.74) is 2.95. The van der Waals surface area contributed by atoms with Gasteiger partial charge in [0, 0.05) is 35.3 Å². The molecule has 0 bridgehead atoms. The Labute approximate surface area is 125 Å². The summed E-state index contributed by atoms with van der Waals surface area (Å²) in [7, 11) is 0. The second-order valence-corrected chi connectivity index (χ2v) is 7.34. The maximum absolute atomic E-state index is 3.60. The summed E-state index contributed by atoms with van der Waals surface area (Å²) in [5, 5.41) is 3.60. The fraction of sp³-hybridized carbons (Fsp3) is 0.625. The van der Waals surface area contributed by atoms with Gasteiger partial charge in [0.05, 0.1) is 0 Å². The van der Waals surface area contributed by atoms with Crippen LogP contribution in [0.4, 0.5) is 5.69 Å². The van der Waals surface area contributed by atoms with Crippen molar-refractivity contribution in [2.45, 2.75) is 52.1 Å². The highest BCUT2D eigenvalue weighted by atomic mass is 79.9. The predicted molar refractivity (Wildman–Crippen MR) is 86.8 cm³/mol. The summed E-state index contributed by atoms with van der Waals surface area (Å²) in [4.78, 5) is 2.54. The van der Waals surface area contributed by atoms with Crippen molar-refractivity contribution in [1.29, 1.82) is 0 Å². The van der Waals surface area contributed by atoms with Gasteiger partial charge in [-0.1, -0.05) is 15.9 Å². The Morgan fingerprint density at radius 3 is 2.47 bits per heavy atom. The van der Waals surface area contributed by atoms with E-state index in [2.05, 4.69) is 65.1 Å². The number of rotatable bonds is 3. The molecule has 0 amide bonds. The molecule has 0 unspecified atom stereocenters. The van der Waals surface area contributed by atoms with Crippen LogP contribution in [-0.4, -0.2) is 18.6 Å². The van der Waals surface area contributed by atoms with Crippen molar-refractivity contribution in [2.24, 2.45) is 0 Å². The van der Waals surface area contributed by atoms with Gasteiger partial charge in [-0.15, -0.1) is 0 Å². The summed E-state index contributed by atoms with van der Waals surface area (Å²) in [6.45, 7) is 9.96. The lowest BCUT2D eigenvalue weighted by molar-refractivity contribution is 0.424. The van der Waals surface area contributed by atoms with Crippen molar-refractivity contribution in [2.75, 3.05) is 18.0 Å². The average Bonchev–Trinajstić information content (AvgIpc) is 2.37. The van der Waals surface area contributed by atoms with Gasteiger partial charge in [0.2, 0.25) is 0 Å². The molecule has 0 radical (unpaired) electrons. The Kier molecular flexibility index (Phi) is 4.91. The van der Waals surface area contributed by atoms with Crippen LogP contribution >= 0.6 is 15.9 Å². The summed E-state index contributed by atoms with van der Waals surface area (Å²) < 4.78 is 1.17. The molecule has 19 heavy (non-hydrogen) atoms. The van der Waals surface area contributed by atoms with Crippen LogP contribution in [0.3, 0.4) is 0 Å². The lowest BCUT2D eigenvalue weighted by Crippen LogP contribution is -2.36. The number of hydrogen-bond acceptors (Lipinski definition) is 2. The van der Waals surface area contributed by atoms with E-state index in [1.54, 1.807) is 0 Å². The zero-order chi connectivity index (χ0) is 13.9. The molecule has 1 aliphatic rings. The predicted octanol–water partition coefficient (Wildman–Crippen LogP) is 4.33. The van der Waals surface area contributed by atoms with Crippen LogP contribution in [0, 0.1) is 0 Å². The molecular formula is C16H25BrN2. The van der Waals surface area contributed by atoms with Crippen molar-refractivity contribution >= 4 is 21.6 Å². The normalized spacial score (nSPS) is 16.7. The number of benzene rings is 1. The molecule has 3 heteroatoms. The summed E-state index contributed by atoms with van der Waals surface area (Å²) in [6, 6.07) is 6.67. The Morgan fingerprint density at radius 2 is 1.84 bits per heavy atom. The first-order chi connectivity index (χ1) is 8.96. The first-order valence-electron chi connectivity index (χ1n) is 7.24. The molecule has 0 spiro atoms. The lowest BCUT2D eigenvalue weighted by Gasteiger charge is -2.31. The van der Waals surface area contributed by atoms with E-state index in [1.165, 1.54) is 48.1 Å². The molecule has 1 aliphatic heterocycles. The molecule has 0 aromatic heterocycles. The van der Waals surface area contributed by atoms with Gasteiger partial charge in [-0.25, -0.2) is 0 Å². The van der Waals surface area contributed by atoms with E-state index in [-0.39, 0.29) is 5.54 Å². The number of piperidine rings is 1. The van der Waals surface area contributed by atoms with Crippen molar-refractivity contribution in [3.05, 3.63) is 28.2 Å². The minimum absolute atomic E-state index is 0.154. The highest BCUT2D eigenvalue weighted by molar-refractivity contribution is 9.10. The summed E-state index contributed by atoms with van der Waals surface area (Å²) in [6.07, 6.45) is 4.02. The average molecular weight is 325 g/mol. The smallest absolute Gasteiger partial charge is 0.0412 e. The third-order valence-corrected chi connectivity index (χ3v) is 4.04. The van der Waals surface area contributed by atoms with Gasteiger partial charge in [-0.3, -0.25) is 0 Å². The Hall–Kier alpha value is -0.540. The van der Waals surface area contributed by atoms with Gasteiger partial charge in [-0.05, 0) is 63.8 Å². The van der Waals surface area contributed by atoms with Gasteiger partial charge in [-0.2, -0.15) is 0 Å². The molecule has 1 fully saturated rings. The van der Waals surface area contributed by atoms with Crippen LogP contribution in [-0.2, 0) is 6.54 Å². The molecule has 1 saturated heterocycles. The minimum Gasteiger partial charge on any atom is -0.371 e. The fourth-order valence-electron chi connectivity index (χ4n) is 2.50. The van der Waals surface area contributed by atoms with Crippen LogP contribution in [0.25, 0.3) is 0 Å². The van der Waals surface area contributed by atoms with E-state index >= 15 is 0 Å². The molecule has 2 rings (SSSR count). The number of nitrogens with one attached hydrogen (secondary N) is 1. The molecule has 1 aromatic carbocycles. The topological polar surface area (TPSA) is 15.3 Å². The first-order valence-corrected chi connectivity index (χ1v) is 8.03. The zero-order valence-electron chi connectivity index (χ0n) is 12.3. The van der Waals surface area contributed by atoms with E-state index in [1.807, 2.05) is 0 Å². The van der Waals surface area contributed by atoms with Crippen molar-refractivity contribution in [3.63, 3.8) is 0 Å². The Bertz CT molecular complexity index is 417. The Morgan fingerprint density at radius 1 is 1.16 bits per heavy atom. The van der Waals surface area contributed by atoms with E-state index < -0.39 is 0 Å². The maximum Gasteiger partial charge on any atom is 0.0412 e. The standard InChI is InChI=1S/C16H25BrN2/c1-16(2,3)18-12-13-11-14(17)7-8-15(13)19-9-5-4-6-10-19/h7-8,11,18H,4-6,9-10,12H2,1-3H3. The molecular weight excluding hydrogens is 300 g/mol. The zero-order valence-corrected chi connectivity index (χ0v) is 13.9. The summed E-state index contributed by atoms with van der Waals surface area (Å²) in [5.74, 6) is 0. The second kappa shape index (κ2) is 6.27. The Balaban J connectivity index is 2.17. The van der Waals surface area contributed by atoms with Gasteiger partial charge in [0.15, 0.2) is 0 Å². The largest absolute Gasteiger partial charge is 0.371 e. The van der Waals surface area contributed by atoms with E-state index in [0.717, 1.165) is 6.54 Å². The van der Waals surface area contributed by atoms with Gasteiger partial charge >= 0.3 is 0 Å². The number of halogens is 1. The van der Waals surface area contributed by atoms with Crippen molar-refractivity contribution in [1.82, 2.24) is 5.32 Å². The van der Waals surface area contributed by atoms with Gasteiger partial charge in [0.1, 0.15) is 0 Å². The van der Waals surface area contributed by atoms with Crippen molar-refractivity contribution in [3.8, 4) is 0 Å². The van der Waals surface area contributed by atoms with Crippen LogP contribution < -0.4 is 10.2 Å². The van der Waals surface area contributed by atoms with Crippen molar-refractivity contribution < 1.29 is 0 Å².